The van der Waals surface area contributed by atoms with E-state index >= 15 is 0 Å². The smallest absolute Gasteiger partial charge is 0.259 e. The van der Waals surface area contributed by atoms with E-state index in [1.54, 1.807) is 11.6 Å². The van der Waals surface area contributed by atoms with Crippen molar-refractivity contribution in [2.24, 2.45) is 5.92 Å². The molecule has 0 atom stereocenters. The molecule has 1 N–H and O–H groups in total. The van der Waals surface area contributed by atoms with Crippen LogP contribution in [-0.2, 0) is 6.54 Å². The first-order chi connectivity index (χ1) is 14.5. The Hall–Kier alpha value is -2.58. The van der Waals surface area contributed by atoms with Crippen LogP contribution in [0.3, 0.4) is 0 Å². The molecule has 0 fully saturated rings. The minimum atomic E-state index is -0.226. The number of hydrogen-bond acceptors (Lipinski definition) is 5. The lowest BCUT2D eigenvalue weighted by atomic mass is 10.1. The van der Waals surface area contributed by atoms with Gasteiger partial charge in [0.05, 0.1) is 22.8 Å². The summed E-state index contributed by atoms with van der Waals surface area (Å²) >= 11 is 4.89. The Labute approximate surface area is 187 Å². The summed E-state index contributed by atoms with van der Waals surface area (Å²) in [5.74, 6) is 0.901. The van der Waals surface area contributed by atoms with Gasteiger partial charge in [-0.25, -0.2) is 14.0 Å². The summed E-state index contributed by atoms with van der Waals surface area (Å²) in [4.78, 5) is 17.5. The van der Waals surface area contributed by atoms with Gasteiger partial charge in [-0.05, 0) is 58.4 Å². The molecule has 0 bridgehead atoms. The van der Waals surface area contributed by atoms with Crippen LogP contribution in [0, 0.1) is 12.0 Å². The van der Waals surface area contributed by atoms with Crippen molar-refractivity contribution in [3.63, 3.8) is 0 Å². The molecule has 0 aliphatic rings. The Balaban J connectivity index is 1.75. The Bertz CT molecular complexity index is 1160. The van der Waals surface area contributed by atoms with E-state index in [1.807, 2.05) is 35.0 Å². The molecule has 3 aromatic heterocycles. The summed E-state index contributed by atoms with van der Waals surface area (Å²) in [5.41, 5.74) is 3.10. The van der Waals surface area contributed by atoms with Crippen molar-refractivity contribution >= 4 is 50.2 Å². The molecule has 3 heterocycles. The molecule has 0 unspecified atom stereocenters. The quantitative estimate of drug-likeness (QED) is 0.360. The zero-order chi connectivity index (χ0) is 21.1. The summed E-state index contributed by atoms with van der Waals surface area (Å²) in [7, 11) is 0. The molecular weight excluding hydrogens is 462 g/mol. The molecule has 4 rings (SSSR count). The number of aromatic nitrogens is 4. The van der Waals surface area contributed by atoms with Gasteiger partial charge in [0.25, 0.3) is 5.91 Å². The fourth-order valence-electron chi connectivity index (χ4n) is 3.21. The van der Waals surface area contributed by atoms with E-state index in [4.69, 9.17) is 10.1 Å². The van der Waals surface area contributed by atoms with Crippen LogP contribution in [-0.4, -0.2) is 25.0 Å². The van der Waals surface area contributed by atoms with Crippen LogP contribution in [0.5, 0.6) is 0 Å². The van der Waals surface area contributed by atoms with Crippen molar-refractivity contribution in [3.8, 4) is 11.3 Å². The molecule has 0 saturated carbocycles. The van der Waals surface area contributed by atoms with Crippen LogP contribution in [0.15, 0.2) is 46.4 Å². The van der Waals surface area contributed by atoms with Gasteiger partial charge in [-0.2, -0.15) is 5.10 Å². The number of carbonyl (C=O) groups is 1. The van der Waals surface area contributed by atoms with Crippen LogP contribution >= 0.6 is 27.5 Å². The number of nitrogens with zero attached hydrogens (tertiary/aromatic N) is 4. The predicted octanol–water partition coefficient (Wildman–Crippen LogP) is 5.81. The van der Waals surface area contributed by atoms with Gasteiger partial charge in [-0.15, -0.1) is 0 Å². The van der Waals surface area contributed by atoms with Crippen LogP contribution in [0.4, 0.5) is 5.82 Å². The van der Waals surface area contributed by atoms with Crippen molar-refractivity contribution in [1.82, 2.24) is 19.1 Å². The summed E-state index contributed by atoms with van der Waals surface area (Å²) in [6, 6.07) is 12.7. The van der Waals surface area contributed by atoms with Crippen molar-refractivity contribution < 1.29 is 4.79 Å². The summed E-state index contributed by atoms with van der Waals surface area (Å²) in [6.07, 6.45) is 3.64. The van der Waals surface area contributed by atoms with Crippen LogP contribution in [0.25, 0.3) is 22.3 Å². The third kappa shape index (κ3) is 4.44. The zero-order valence-electron chi connectivity index (χ0n) is 16.7. The Morgan fingerprint density at radius 3 is 2.83 bits per heavy atom. The van der Waals surface area contributed by atoms with Gasteiger partial charge in [-0.1, -0.05) is 38.1 Å². The summed E-state index contributed by atoms with van der Waals surface area (Å²) in [6.45, 7) is 5.16. The van der Waals surface area contributed by atoms with Gasteiger partial charge in [0.15, 0.2) is 11.5 Å². The van der Waals surface area contributed by atoms with E-state index < -0.39 is 0 Å². The number of nitrogens with one attached hydrogen (secondary N) is 1. The molecular formula is C22H21BrN5OS. The molecule has 0 spiro atoms. The van der Waals surface area contributed by atoms with Crippen molar-refractivity contribution in [2.75, 3.05) is 5.32 Å². The normalized spacial score (nSPS) is 11.3. The summed E-state index contributed by atoms with van der Waals surface area (Å²) < 4.78 is 6.74. The van der Waals surface area contributed by atoms with E-state index in [0.717, 1.165) is 46.1 Å². The van der Waals surface area contributed by atoms with Crippen LogP contribution < -0.4 is 5.32 Å². The maximum Gasteiger partial charge on any atom is 0.259 e. The van der Waals surface area contributed by atoms with E-state index in [9.17, 15) is 4.79 Å². The SMILES string of the molecule is CC(C)CCCn1nc(NC(=O)c2cnsc2)c2cc(Br)c(-c3cc[c]cc3)nc21. The van der Waals surface area contributed by atoms with Gasteiger partial charge in [-0.3, -0.25) is 4.79 Å². The first kappa shape index (κ1) is 20.7. The lowest BCUT2D eigenvalue weighted by Gasteiger charge is -2.08. The number of fused-ring (bicyclic) bond motifs is 1. The first-order valence-electron chi connectivity index (χ1n) is 9.77. The molecule has 30 heavy (non-hydrogen) atoms. The first-order valence-corrected chi connectivity index (χ1v) is 11.4. The Kier molecular flexibility index (Phi) is 6.24. The maximum atomic E-state index is 12.6. The van der Waals surface area contributed by atoms with Crippen molar-refractivity contribution in [1.29, 1.82) is 0 Å². The van der Waals surface area contributed by atoms with E-state index in [0.29, 0.717) is 17.3 Å². The highest BCUT2D eigenvalue weighted by Gasteiger charge is 2.18. The van der Waals surface area contributed by atoms with Gasteiger partial charge in [0.1, 0.15) is 0 Å². The fraction of sp³-hybridized carbons (Fsp3) is 0.273. The van der Waals surface area contributed by atoms with Gasteiger partial charge < -0.3 is 5.32 Å². The lowest BCUT2D eigenvalue weighted by molar-refractivity contribution is 0.102. The topological polar surface area (TPSA) is 72.7 Å². The number of hydrogen-bond donors (Lipinski definition) is 1. The lowest BCUT2D eigenvalue weighted by Crippen LogP contribution is -2.12. The van der Waals surface area contributed by atoms with E-state index in [-0.39, 0.29) is 5.91 Å². The van der Waals surface area contributed by atoms with Crippen LogP contribution in [0.1, 0.15) is 37.0 Å². The molecule has 8 heteroatoms. The number of amides is 1. The molecule has 153 valence electrons. The van der Waals surface area contributed by atoms with Gasteiger partial charge in [0, 0.05) is 22.0 Å². The Morgan fingerprint density at radius 2 is 2.13 bits per heavy atom. The van der Waals surface area contributed by atoms with Crippen molar-refractivity contribution in [2.45, 2.75) is 33.2 Å². The predicted molar refractivity (Wildman–Crippen MR) is 124 cm³/mol. The third-order valence-corrected chi connectivity index (χ3v) is 5.94. The molecule has 0 saturated heterocycles. The number of carbonyl (C=O) groups excluding carboxylic acids is 1. The molecule has 6 nitrogen and oxygen atoms in total. The number of pyridine rings is 1. The average molecular weight is 483 g/mol. The monoisotopic (exact) mass is 482 g/mol. The highest BCUT2D eigenvalue weighted by atomic mass is 79.9. The maximum absolute atomic E-state index is 12.6. The zero-order valence-corrected chi connectivity index (χ0v) is 19.1. The number of rotatable bonds is 7. The van der Waals surface area contributed by atoms with Gasteiger partial charge >= 0.3 is 0 Å². The minimum absolute atomic E-state index is 0.226. The standard InChI is InChI=1S/C22H21BrN5OS/c1-14(2)7-6-10-28-21-17(20(27-28)26-22(29)16-12-24-30-13-16)11-18(23)19(25-21)15-8-4-3-5-9-15/h4-5,8-9,11-14H,6-7,10H2,1-2H3,(H,26,27,29). The largest absolute Gasteiger partial charge is 0.304 e. The second kappa shape index (κ2) is 9.06. The fourth-order valence-corrected chi connectivity index (χ4v) is 4.28. The number of halogens is 1. The van der Waals surface area contributed by atoms with E-state index in [2.05, 4.69) is 45.5 Å². The number of aryl methyl sites for hydroxylation is 1. The Morgan fingerprint density at radius 1 is 1.33 bits per heavy atom. The molecule has 0 aliphatic heterocycles. The van der Waals surface area contributed by atoms with Crippen LogP contribution in [0.2, 0.25) is 0 Å². The second-order valence-corrected chi connectivity index (χ2v) is 8.97. The minimum Gasteiger partial charge on any atom is -0.304 e. The highest BCUT2D eigenvalue weighted by molar-refractivity contribution is 9.10. The molecule has 4 aromatic rings. The molecule has 1 amide bonds. The molecule has 1 radical (unpaired) electrons. The second-order valence-electron chi connectivity index (χ2n) is 7.45. The molecule has 1 aromatic carbocycles. The molecule has 0 aliphatic carbocycles. The highest BCUT2D eigenvalue weighted by Crippen LogP contribution is 2.33. The van der Waals surface area contributed by atoms with Gasteiger partial charge in [0.2, 0.25) is 0 Å². The summed E-state index contributed by atoms with van der Waals surface area (Å²) in [5, 5.41) is 10.1. The average Bonchev–Trinajstić information content (AvgIpc) is 3.37. The van der Waals surface area contributed by atoms with E-state index in [1.165, 1.54) is 11.5 Å². The van der Waals surface area contributed by atoms with Crippen molar-refractivity contribution in [3.05, 3.63) is 58.0 Å². The third-order valence-electron chi connectivity index (χ3n) is 4.75. The number of anilines is 1. The number of benzene rings is 1.